The van der Waals surface area contributed by atoms with Crippen molar-refractivity contribution in [2.75, 3.05) is 6.66 Å². The lowest BCUT2D eigenvalue weighted by molar-refractivity contribution is 0.487. The Labute approximate surface area is 73.7 Å². The molecule has 0 heterocycles. The maximum atomic E-state index is 2.48. The molecule has 0 saturated heterocycles. The highest BCUT2D eigenvalue weighted by Gasteiger charge is 2.21. The van der Waals surface area contributed by atoms with E-state index in [0.717, 1.165) is 13.6 Å². The molecule has 1 aliphatic rings. The normalized spacial score (nSPS) is 26.6. The Hall–Kier alpha value is 0.495. The Morgan fingerprint density at radius 2 is 1.45 bits per heavy atom. The number of hydrogen-bond donors (Lipinski definition) is 0. The largest absolute Gasteiger partial charge is 0.127 e. The SMILES string of the molecule is BC1(PC)CCCCCCC1. The lowest BCUT2D eigenvalue weighted by Crippen LogP contribution is -2.24. The van der Waals surface area contributed by atoms with Crippen LogP contribution in [0.15, 0.2) is 0 Å². The first-order chi connectivity index (χ1) is 5.27. The van der Waals surface area contributed by atoms with E-state index in [4.69, 9.17) is 0 Å². The fourth-order valence-electron chi connectivity index (χ4n) is 1.94. The zero-order valence-electron chi connectivity index (χ0n) is 7.95. The van der Waals surface area contributed by atoms with Gasteiger partial charge in [0.1, 0.15) is 7.85 Å². The Balaban J connectivity index is 2.37. The van der Waals surface area contributed by atoms with Crippen LogP contribution in [0, 0.1) is 0 Å². The van der Waals surface area contributed by atoms with Gasteiger partial charge in [-0.15, -0.1) is 8.58 Å². The van der Waals surface area contributed by atoms with Crippen molar-refractivity contribution in [2.24, 2.45) is 0 Å². The monoisotopic (exact) mass is 170 g/mol. The van der Waals surface area contributed by atoms with Crippen molar-refractivity contribution in [3.63, 3.8) is 0 Å². The van der Waals surface area contributed by atoms with Gasteiger partial charge in [0.25, 0.3) is 0 Å². The third-order valence-corrected chi connectivity index (χ3v) is 4.77. The van der Waals surface area contributed by atoms with Crippen molar-refractivity contribution in [3.8, 4) is 0 Å². The Morgan fingerprint density at radius 3 is 1.91 bits per heavy atom. The van der Waals surface area contributed by atoms with Gasteiger partial charge in [0.2, 0.25) is 0 Å². The summed E-state index contributed by atoms with van der Waals surface area (Å²) in [6.45, 7) is 2.38. The third kappa shape index (κ3) is 3.15. The zero-order valence-corrected chi connectivity index (χ0v) is 8.95. The van der Waals surface area contributed by atoms with Crippen LogP contribution in [0.3, 0.4) is 0 Å². The molecule has 0 aromatic heterocycles. The lowest BCUT2D eigenvalue weighted by Gasteiger charge is -2.30. The molecule has 0 aromatic rings. The highest BCUT2D eigenvalue weighted by molar-refractivity contribution is 7.41. The molecule has 0 bridgehead atoms. The van der Waals surface area contributed by atoms with Crippen LogP contribution in [0.4, 0.5) is 0 Å². The molecule has 1 aliphatic carbocycles. The fraction of sp³-hybridized carbons (Fsp3) is 1.00. The van der Waals surface area contributed by atoms with Crippen molar-refractivity contribution in [1.29, 1.82) is 0 Å². The van der Waals surface area contributed by atoms with E-state index in [0.29, 0.717) is 0 Å². The van der Waals surface area contributed by atoms with Crippen molar-refractivity contribution in [1.82, 2.24) is 0 Å². The van der Waals surface area contributed by atoms with Gasteiger partial charge in [-0.25, -0.2) is 0 Å². The van der Waals surface area contributed by atoms with Gasteiger partial charge >= 0.3 is 0 Å². The smallest absolute Gasteiger partial charge is 0.114 e. The highest BCUT2D eigenvalue weighted by atomic mass is 31.1. The van der Waals surface area contributed by atoms with Gasteiger partial charge in [-0.2, -0.15) is 0 Å². The van der Waals surface area contributed by atoms with Crippen LogP contribution in [-0.2, 0) is 0 Å². The summed E-state index contributed by atoms with van der Waals surface area (Å²) in [5, 5.41) is 0.723. The first-order valence-corrected chi connectivity index (χ1v) is 6.46. The van der Waals surface area contributed by atoms with E-state index in [1.807, 2.05) is 0 Å². The second-order valence-electron chi connectivity index (χ2n) is 4.08. The highest BCUT2D eigenvalue weighted by Crippen LogP contribution is 2.37. The van der Waals surface area contributed by atoms with Crippen LogP contribution in [-0.4, -0.2) is 19.6 Å². The standard InChI is InChI=1S/C9H20BP/c1-11-9(10)7-5-3-2-4-6-8-9/h11H,2-8,10H2,1H3. The minimum absolute atomic E-state index is 0.723. The van der Waals surface area contributed by atoms with Gasteiger partial charge in [0.15, 0.2) is 0 Å². The first kappa shape index (κ1) is 9.58. The van der Waals surface area contributed by atoms with Gasteiger partial charge in [0.05, 0.1) is 0 Å². The van der Waals surface area contributed by atoms with E-state index in [2.05, 4.69) is 14.5 Å². The van der Waals surface area contributed by atoms with E-state index in [-0.39, 0.29) is 0 Å². The van der Waals surface area contributed by atoms with Crippen molar-refractivity contribution < 1.29 is 0 Å². The molecule has 0 amide bonds. The minimum atomic E-state index is 0.723. The van der Waals surface area contributed by atoms with Crippen LogP contribution in [0.25, 0.3) is 0 Å². The molecular weight excluding hydrogens is 150 g/mol. The van der Waals surface area contributed by atoms with Crippen LogP contribution in [0.5, 0.6) is 0 Å². The van der Waals surface area contributed by atoms with Gasteiger partial charge < -0.3 is 0 Å². The van der Waals surface area contributed by atoms with E-state index < -0.39 is 0 Å². The minimum Gasteiger partial charge on any atom is -0.127 e. The molecule has 2 heteroatoms. The van der Waals surface area contributed by atoms with Gasteiger partial charge in [-0.05, 0) is 11.7 Å². The average Bonchev–Trinajstić information content (AvgIpc) is 1.98. The van der Waals surface area contributed by atoms with Crippen molar-refractivity contribution >= 4 is 16.4 Å². The van der Waals surface area contributed by atoms with E-state index in [9.17, 15) is 0 Å². The summed E-state index contributed by atoms with van der Waals surface area (Å²) in [4.78, 5) is 0. The summed E-state index contributed by atoms with van der Waals surface area (Å²) in [5.41, 5.74) is 0. The van der Waals surface area contributed by atoms with Crippen LogP contribution >= 0.6 is 8.58 Å². The second-order valence-corrected chi connectivity index (χ2v) is 5.79. The van der Waals surface area contributed by atoms with Crippen LogP contribution in [0.2, 0.25) is 0 Å². The summed E-state index contributed by atoms with van der Waals surface area (Å²) < 4.78 is 0. The Morgan fingerprint density at radius 1 is 1.00 bits per heavy atom. The Bertz CT molecular complexity index is 106. The molecule has 0 nitrogen and oxygen atoms in total. The molecule has 1 rings (SSSR count). The average molecular weight is 170 g/mol. The molecule has 0 spiro atoms. The molecule has 1 saturated carbocycles. The third-order valence-electron chi connectivity index (χ3n) is 3.06. The first-order valence-electron chi connectivity index (χ1n) is 4.96. The second kappa shape index (κ2) is 4.50. The van der Waals surface area contributed by atoms with Crippen molar-refractivity contribution in [2.45, 2.75) is 50.0 Å². The number of hydrogen-bond acceptors (Lipinski definition) is 0. The van der Waals surface area contributed by atoms with E-state index in [1.54, 1.807) is 0 Å². The lowest BCUT2D eigenvalue weighted by atomic mass is 9.76. The van der Waals surface area contributed by atoms with E-state index >= 15 is 0 Å². The maximum absolute atomic E-state index is 2.48. The summed E-state index contributed by atoms with van der Waals surface area (Å²) in [7, 11) is 3.64. The molecule has 0 radical (unpaired) electrons. The number of rotatable bonds is 1. The Kier molecular flexibility index (Phi) is 3.92. The predicted octanol–water partition coefficient (Wildman–Crippen LogP) is 2.37. The van der Waals surface area contributed by atoms with E-state index in [1.165, 1.54) is 44.9 Å². The summed E-state index contributed by atoms with van der Waals surface area (Å²) in [5.74, 6) is 0. The van der Waals surface area contributed by atoms with Crippen LogP contribution < -0.4 is 0 Å². The summed E-state index contributed by atoms with van der Waals surface area (Å²) >= 11 is 0. The van der Waals surface area contributed by atoms with Gasteiger partial charge in [-0.3, -0.25) is 0 Å². The molecule has 64 valence electrons. The van der Waals surface area contributed by atoms with Gasteiger partial charge in [-0.1, -0.05) is 44.9 Å². The van der Waals surface area contributed by atoms with Crippen LogP contribution in [0.1, 0.15) is 44.9 Å². The topological polar surface area (TPSA) is 0 Å². The molecule has 0 N–H and O–H groups in total. The van der Waals surface area contributed by atoms with Gasteiger partial charge in [0, 0.05) is 0 Å². The quantitative estimate of drug-likeness (QED) is 0.418. The molecule has 1 unspecified atom stereocenters. The van der Waals surface area contributed by atoms with Crippen molar-refractivity contribution in [3.05, 3.63) is 0 Å². The fourth-order valence-corrected chi connectivity index (χ4v) is 2.79. The molecule has 1 atom stereocenters. The molecule has 0 aliphatic heterocycles. The predicted molar refractivity (Wildman–Crippen MR) is 57.8 cm³/mol. The summed E-state index contributed by atoms with van der Waals surface area (Å²) in [6, 6.07) is 0. The molecular formula is C9H20BP. The zero-order chi connectivity index (χ0) is 8.16. The molecule has 1 fully saturated rings. The molecule has 11 heavy (non-hydrogen) atoms. The summed E-state index contributed by atoms with van der Waals surface area (Å²) in [6.07, 6.45) is 10.4. The molecule has 0 aromatic carbocycles. The maximum Gasteiger partial charge on any atom is 0.114 e.